The van der Waals surface area contributed by atoms with Crippen LogP contribution in [0.15, 0.2) is 23.1 Å². The van der Waals surface area contributed by atoms with Crippen LogP contribution in [0.4, 0.5) is 4.39 Å². The van der Waals surface area contributed by atoms with Crippen LogP contribution in [0.25, 0.3) is 0 Å². The lowest BCUT2D eigenvalue weighted by atomic mass is 9.94. The van der Waals surface area contributed by atoms with Crippen molar-refractivity contribution in [3.63, 3.8) is 0 Å². The third-order valence-electron chi connectivity index (χ3n) is 3.60. The maximum atomic E-state index is 13.4. The van der Waals surface area contributed by atoms with Crippen LogP contribution in [-0.4, -0.2) is 32.9 Å². The Morgan fingerprint density at radius 2 is 1.85 bits per heavy atom. The summed E-state index contributed by atoms with van der Waals surface area (Å²) in [6.07, 6.45) is 1.03. The normalized spacial score (nSPS) is 24.6. The fourth-order valence-electron chi connectivity index (χ4n) is 2.75. The predicted octanol–water partition coefficient (Wildman–Crippen LogP) is 2.50. The van der Waals surface area contributed by atoms with Gasteiger partial charge in [0.2, 0.25) is 10.0 Å². The van der Waals surface area contributed by atoms with Gasteiger partial charge < -0.3 is 4.74 Å². The molecule has 0 N–H and O–H groups in total. The second-order valence-electron chi connectivity index (χ2n) is 5.56. The second-order valence-corrected chi connectivity index (χ2v) is 7.50. The van der Waals surface area contributed by atoms with E-state index in [1.807, 2.05) is 13.8 Å². The molecule has 1 heterocycles. The van der Waals surface area contributed by atoms with Crippen LogP contribution in [0.3, 0.4) is 0 Å². The molecule has 112 valence electrons. The van der Waals surface area contributed by atoms with Crippen LogP contribution in [0.2, 0.25) is 0 Å². The van der Waals surface area contributed by atoms with E-state index in [1.54, 1.807) is 0 Å². The van der Waals surface area contributed by atoms with E-state index >= 15 is 0 Å². The molecule has 0 amide bonds. The van der Waals surface area contributed by atoms with Crippen LogP contribution in [0.1, 0.15) is 20.3 Å². The van der Waals surface area contributed by atoms with E-state index in [9.17, 15) is 12.8 Å². The lowest BCUT2D eigenvalue weighted by Gasteiger charge is -2.34. The Balaban J connectivity index is 2.34. The van der Waals surface area contributed by atoms with Crippen molar-refractivity contribution < 1.29 is 17.5 Å². The minimum Gasteiger partial charge on any atom is -0.494 e. The number of hydrogen-bond acceptors (Lipinski definition) is 3. The van der Waals surface area contributed by atoms with Gasteiger partial charge in [-0.15, -0.1) is 0 Å². The van der Waals surface area contributed by atoms with Gasteiger partial charge in [0.25, 0.3) is 0 Å². The molecule has 1 aliphatic rings. The van der Waals surface area contributed by atoms with Crippen molar-refractivity contribution in [2.45, 2.75) is 25.2 Å². The number of sulfonamides is 1. The molecule has 1 saturated heterocycles. The largest absolute Gasteiger partial charge is 0.494 e. The molecule has 0 aliphatic carbocycles. The minimum absolute atomic E-state index is 0.0517. The topological polar surface area (TPSA) is 46.6 Å². The number of nitrogens with zero attached hydrogens (tertiary/aromatic N) is 1. The van der Waals surface area contributed by atoms with Crippen molar-refractivity contribution in [1.82, 2.24) is 4.31 Å². The van der Waals surface area contributed by atoms with Crippen molar-refractivity contribution >= 4 is 10.0 Å². The van der Waals surface area contributed by atoms with Crippen molar-refractivity contribution in [3.8, 4) is 5.75 Å². The quantitative estimate of drug-likeness (QED) is 0.862. The molecule has 0 bridgehead atoms. The fourth-order valence-corrected chi connectivity index (χ4v) is 4.45. The monoisotopic (exact) mass is 301 g/mol. The van der Waals surface area contributed by atoms with Gasteiger partial charge in [-0.1, -0.05) is 13.8 Å². The summed E-state index contributed by atoms with van der Waals surface area (Å²) in [5.74, 6) is 0.0442. The fraction of sp³-hybridized carbons (Fsp3) is 0.571. The van der Waals surface area contributed by atoms with E-state index in [1.165, 1.54) is 23.5 Å². The molecular formula is C14H20FNO3S. The molecule has 0 radical (unpaired) electrons. The van der Waals surface area contributed by atoms with Gasteiger partial charge in [0.1, 0.15) is 0 Å². The molecule has 1 fully saturated rings. The molecule has 20 heavy (non-hydrogen) atoms. The highest BCUT2D eigenvalue weighted by atomic mass is 32.2. The number of hydrogen-bond donors (Lipinski definition) is 0. The van der Waals surface area contributed by atoms with Crippen LogP contribution in [0, 0.1) is 17.7 Å². The Morgan fingerprint density at radius 3 is 2.40 bits per heavy atom. The molecule has 0 unspecified atom stereocenters. The molecule has 2 rings (SSSR count). The van der Waals surface area contributed by atoms with Gasteiger partial charge >= 0.3 is 0 Å². The van der Waals surface area contributed by atoms with Gasteiger partial charge in [-0.05, 0) is 30.4 Å². The smallest absolute Gasteiger partial charge is 0.243 e. The standard InChI is InChI=1S/C14H20FNO3S/c1-10-6-11(2)9-16(8-10)20(17,18)12-4-5-13(15)14(7-12)19-3/h4-5,7,10-11H,6,8-9H2,1-3H3/t10-,11+. The van der Waals surface area contributed by atoms with Crippen molar-refractivity contribution in [1.29, 1.82) is 0 Å². The van der Waals surface area contributed by atoms with Gasteiger partial charge in [0.05, 0.1) is 12.0 Å². The summed E-state index contributed by atoms with van der Waals surface area (Å²) in [6.45, 7) is 5.10. The third kappa shape index (κ3) is 2.96. The van der Waals surface area contributed by atoms with Gasteiger partial charge in [-0.2, -0.15) is 4.31 Å². The molecule has 1 aromatic rings. The maximum Gasteiger partial charge on any atom is 0.243 e. The first-order valence-electron chi connectivity index (χ1n) is 6.68. The van der Waals surface area contributed by atoms with Crippen molar-refractivity contribution in [2.24, 2.45) is 11.8 Å². The molecule has 1 aromatic carbocycles. The van der Waals surface area contributed by atoms with E-state index in [0.29, 0.717) is 24.9 Å². The number of halogens is 1. The Bertz CT molecular complexity index is 578. The van der Waals surface area contributed by atoms with Crippen molar-refractivity contribution in [2.75, 3.05) is 20.2 Å². The highest BCUT2D eigenvalue weighted by Crippen LogP contribution is 2.28. The van der Waals surface area contributed by atoms with E-state index in [4.69, 9.17) is 4.74 Å². The molecular weight excluding hydrogens is 281 g/mol. The zero-order valence-electron chi connectivity index (χ0n) is 12.0. The number of ether oxygens (including phenoxy) is 1. The summed E-state index contributed by atoms with van der Waals surface area (Å²) in [5.41, 5.74) is 0. The number of rotatable bonds is 3. The lowest BCUT2D eigenvalue weighted by Crippen LogP contribution is -2.42. The van der Waals surface area contributed by atoms with Crippen LogP contribution < -0.4 is 4.74 Å². The second kappa shape index (κ2) is 5.69. The van der Waals surface area contributed by atoms with Gasteiger partial charge in [-0.25, -0.2) is 12.8 Å². The summed E-state index contributed by atoms with van der Waals surface area (Å²) >= 11 is 0. The van der Waals surface area contributed by atoms with E-state index in [0.717, 1.165) is 12.5 Å². The summed E-state index contributed by atoms with van der Waals surface area (Å²) in [4.78, 5) is 0.0806. The zero-order chi connectivity index (χ0) is 14.9. The molecule has 0 spiro atoms. The van der Waals surface area contributed by atoms with Crippen LogP contribution in [-0.2, 0) is 10.0 Å². The summed E-state index contributed by atoms with van der Waals surface area (Å²) in [7, 11) is -2.27. The first kappa shape index (κ1) is 15.3. The van der Waals surface area contributed by atoms with Gasteiger partial charge in [0.15, 0.2) is 11.6 Å². The first-order chi connectivity index (χ1) is 9.34. The van der Waals surface area contributed by atoms with Gasteiger partial charge in [0, 0.05) is 19.2 Å². The average Bonchev–Trinajstić information content (AvgIpc) is 2.37. The van der Waals surface area contributed by atoms with Crippen LogP contribution in [0.5, 0.6) is 5.75 Å². The molecule has 4 nitrogen and oxygen atoms in total. The molecule has 2 atom stereocenters. The Morgan fingerprint density at radius 1 is 1.25 bits per heavy atom. The molecule has 0 aromatic heterocycles. The number of piperidine rings is 1. The summed E-state index contributed by atoms with van der Waals surface area (Å²) in [5, 5.41) is 0. The molecule has 1 aliphatic heterocycles. The van der Waals surface area contributed by atoms with Crippen LogP contribution >= 0.6 is 0 Å². The Hall–Kier alpha value is -1.14. The predicted molar refractivity (Wildman–Crippen MR) is 74.7 cm³/mol. The van der Waals surface area contributed by atoms with E-state index in [-0.39, 0.29) is 10.6 Å². The number of benzene rings is 1. The summed E-state index contributed by atoms with van der Waals surface area (Å²) in [6, 6.07) is 3.66. The van der Waals surface area contributed by atoms with E-state index in [2.05, 4.69) is 0 Å². The summed E-state index contributed by atoms with van der Waals surface area (Å²) < 4.78 is 44.9. The molecule has 6 heteroatoms. The zero-order valence-corrected chi connectivity index (χ0v) is 12.8. The third-order valence-corrected chi connectivity index (χ3v) is 5.42. The molecule has 0 saturated carbocycles. The number of methoxy groups -OCH3 is 1. The van der Waals surface area contributed by atoms with E-state index < -0.39 is 15.8 Å². The lowest BCUT2D eigenvalue weighted by molar-refractivity contribution is 0.222. The SMILES string of the molecule is COc1cc(S(=O)(=O)N2C[C@H](C)C[C@H](C)C2)ccc1F. The average molecular weight is 301 g/mol. The Kier molecular flexibility index (Phi) is 4.34. The minimum atomic E-state index is -3.59. The van der Waals surface area contributed by atoms with Gasteiger partial charge in [-0.3, -0.25) is 0 Å². The maximum absolute atomic E-state index is 13.4. The Labute approximate surface area is 119 Å². The first-order valence-corrected chi connectivity index (χ1v) is 8.12. The highest BCUT2D eigenvalue weighted by Gasteiger charge is 2.32. The van der Waals surface area contributed by atoms with Crippen molar-refractivity contribution in [3.05, 3.63) is 24.0 Å². The highest BCUT2D eigenvalue weighted by molar-refractivity contribution is 7.89.